The lowest BCUT2D eigenvalue weighted by Gasteiger charge is -2.47. The molecule has 0 bridgehead atoms. The van der Waals surface area contributed by atoms with Crippen LogP contribution in [0.5, 0.6) is 5.75 Å². The Morgan fingerprint density at radius 3 is 2.78 bits per heavy atom. The third-order valence-corrected chi connectivity index (χ3v) is 10.7. The number of nitrogens with one attached hydrogen (secondary N) is 1. The van der Waals surface area contributed by atoms with Crippen molar-refractivity contribution in [3.05, 3.63) is 124 Å². The first-order valence-electron chi connectivity index (χ1n) is 16.4. The van der Waals surface area contributed by atoms with Crippen LogP contribution in [0.3, 0.4) is 0 Å². The number of benzene rings is 3. The third kappa shape index (κ3) is 7.02. The molecule has 0 spiro atoms. The van der Waals surface area contributed by atoms with E-state index in [2.05, 4.69) is 16.6 Å². The zero-order valence-electron chi connectivity index (χ0n) is 28.1. The van der Waals surface area contributed by atoms with Crippen molar-refractivity contribution in [2.75, 3.05) is 7.11 Å². The Bertz CT molecular complexity index is 2110. The molecule has 0 saturated heterocycles. The summed E-state index contributed by atoms with van der Waals surface area (Å²) in [4.78, 5) is 21.4. The number of imidazole rings is 1. The standard InChI is InChI=1S/C36H37ClFN5O7S/c1-22(17-32-40-29-14-11-23(35(44)47-3)18-30(29)42(32)21-33-39-15-16-48-33)7-6-8-25-20-43(51(45,46)41-25)34-26-9-4-5-10-31(26)49-36(2,50-34)27-13-12-24(37)19-28(27)38/h4-5,9-16,18-20,22,34,41,45-46H,6-8,17,21H2,1-3H3. The van der Waals surface area contributed by atoms with Gasteiger partial charge in [-0.2, -0.15) is 0 Å². The van der Waals surface area contributed by atoms with Crippen LogP contribution in [-0.2, 0) is 28.2 Å². The molecule has 0 amide bonds. The Morgan fingerprint density at radius 2 is 2.02 bits per heavy atom. The largest absolute Gasteiger partial charge is 0.465 e. The van der Waals surface area contributed by atoms with Gasteiger partial charge in [0.15, 0.2) is 6.23 Å². The highest BCUT2D eigenvalue weighted by Crippen LogP contribution is 2.56. The predicted molar refractivity (Wildman–Crippen MR) is 189 cm³/mol. The van der Waals surface area contributed by atoms with Crippen molar-refractivity contribution in [2.24, 2.45) is 5.92 Å². The number of carbonyl (C=O) groups excluding carboxylic acids is 1. The van der Waals surface area contributed by atoms with Crippen LogP contribution in [-0.4, -0.2) is 41.0 Å². The van der Waals surface area contributed by atoms with E-state index in [1.165, 1.54) is 29.8 Å². The summed E-state index contributed by atoms with van der Waals surface area (Å²) in [5, 5.41) is 0.228. The topological polar surface area (TPSA) is 144 Å². The fraction of sp³-hybridized carbons (Fsp3) is 0.306. The molecule has 0 fully saturated rings. The Labute approximate surface area is 300 Å². The van der Waals surface area contributed by atoms with Gasteiger partial charge >= 0.3 is 5.97 Å². The van der Waals surface area contributed by atoms with E-state index in [9.17, 15) is 13.9 Å². The highest BCUT2D eigenvalue weighted by atomic mass is 35.5. The first-order valence-corrected chi connectivity index (χ1v) is 18.2. The summed E-state index contributed by atoms with van der Waals surface area (Å²) >= 11 is 6.01. The molecular formula is C36H37ClFN5O7S. The summed E-state index contributed by atoms with van der Waals surface area (Å²) in [5.41, 5.74) is 3.24. The van der Waals surface area contributed by atoms with Crippen LogP contribution >= 0.6 is 22.6 Å². The van der Waals surface area contributed by atoms with Crippen molar-refractivity contribution in [1.29, 1.82) is 0 Å². The average Bonchev–Trinajstić information content (AvgIpc) is 3.81. The van der Waals surface area contributed by atoms with Gasteiger partial charge in [0.1, 0.15) is 30.2 Å². The second-order valence-corrected chi connectivity index (χ2v) is 14.9. The first kappa shape index (κ1) is 34.8. The first-order chi connectivity index (χ1) is 24.4. The molecule has 51 heavy (non-hydrogen) atoms. The van der Waals surface area contributed by atoms with Gasteiger partial charge in [0.05, 0.1) is 41.2 Å². The molecule has 5 aromatic rings. The lowest BCUT2D eigenvalue weighted by atomic mass is 9.99. The Balaban J connectivity index is 1.07. The van der Waals surface area contributed by atoms with E-state index in [4.69, 9.17) is 35.2 Å². The maximum absolute atomic E-state index is 15.1. The number of aromatic nitrogens is 3. The van der Waals surface area contributed by atoms with E-state index in [1.54, 1.807) is 67.9 Å². The summed E-state index contributed by atoms with van der Waals surface area (Å²) in [6, 6.07) is 16.6. The molecule has 2 aliphatic rings. The zero-order valence-corrected chi connectivity index (χ0v) is 29.7. The second-order valence-electron chi connectivity index (χ2n) is 12.8. The maximum Gasteiger partial charge on any atom is 0.337 e. The number of esters is 1. The molecule has 3 unspecified atom stereocenters. The van der Waals surface area contributed by atoms with E-state index in [-0.39, 0.29) is 16.5 Å². The molecular weight excluding hydrogens is 701 g/mol. The van der Waals surface area contributed by atoms with Crippen LogP contribution in [0.15, 0.2) is 89.4 Å². The van der Waals surface area contributed by atoms with Crippen LogP contribution in [0.25, 0.3) is 11.0 Å². The number of hydrogen-bond acceptors (Lipinski definition) is 11. The van der Waals surface area contributed by atoms with Gasteiger partial charge in [-0.25, -0.2) is 23.5 Å². The van der Waals surface area contributed by atoms with Crippen LogP contribution in [0.4, 0.5) is 4.39 Å². The molecule has 4 heterocycles. The van der Waals surface area contributed by atoms with Crippen LogP contribution in [0.1, 0.15) is 72.5 Å². The number of halogens is 2. The number of oxazole rings is 1. The summed E-state index contributed by atoms with van der Waals surface area (Å²) in [5.74, 6) is -0.677. The van der Waals surface area contributed by atoms with Crippen molar-refractivity contribution in [3.63, 3.8) is 0 Å². The number of para-hydroxylation sites is 1. The van der Waals surface area contributed by atoms with E-state index < -0.39 is 34.8 Å². The third-order valence-electron chi connectivity index (χ3n) is 9.02. The number of fused-ring (bicyclic) bond motifs is 2. The van der Waals surface area contributed by atoms with Gasteiger partial charge < -0.3 is 23.2 Å². The molecule has 2 aliphatic heterocycles. The summed E-state index contributed by atoms with van der Waals surface area (Å²) < 4.78 is 66.8. The van der Waals surface area contributed by atoms with E-state index in [0.717, 1.165) is 29.7 Å². The van der Waals surface area contributed by atoms with Gasteiger partial charge in [-0.15, -0.1) is 0 Å². The number of hydrogen-bond donors (Lipinski definition) is 3. The van der Waals surface area contributed by atoms with Crippen molar-refractivity contribution < 1.29 is 36.9 Å². The smallest absolute Gasteiger partial charge is 0.337 e. The van der Waals surface area contributed by atoms with Gasteiger partial charge in [-0.3, -0.25) is 13.8 Å². The van der Waals surface area contributed by atoms with Gasteiger partial charge in [0.25, 0.3) is 0 Å². The van der Waals surface area contributed by atoms with Crippen LogP contribution in [0.2, 0.25) is 5.02 Å². The van der Waals surface area contributed by atoms with E-state index in [1.807, 2.05) is 4.57 Å². The van der Waals surface area contributed by atoms with Crippen molar-refractivity contribution >= 4 is 39.6 Å². The number of methoxy groups -OCH3 is 1. The lowest BCUT2D eigenvalue weighted by molar-refractivity contribution is -0.248. The minimum atomic E-state index is -3.55. The van der Waals surface area contributed by atoms with Gasteiger partial charge in [-0.1, -0.05) is 36.7 Å². The van der Waals surface area contributed by atoms with Crippen molar-refractivity contribution in [2.45, 2.75) is 58.1 Å². The minimum Gasteiger partial charge on any atom is -0.465 e. The van der Waals surface area contributed by atoms with Crippen molar-refractivity contribution in [3.8, 4) is 5.75 Å². The van der Waals surface area contributed by atoms with Crippen molar-refractivity contribution in [1.82, 2.24) is 23.6 Å². The highest BCUT2D eigenvalue weighted by Gasteiger charge is 2.47. The van der Waals surface area contributed by atoms with Gasteiger partial charge in [0, 0.05) is 30.1 Å². The number of nitrogens with zero attached hydrogens (tertiary/aromatic N) is 4. The summed E-state index contributed by atoms with van der Waals surface area (Å²) in [7, 11) is -2.20. The lowest BCUT2D eigenvalue weighted by Crippen LogP contribution is -2.43. The van der Waals surface area contributed by atoms with Gasteiger partial charge in [0.2, 0.25) is 11.7 Å². The van der Waals surface area contributed by atoms with Gasteiger partial charge in [-0.05, 0) is 78.6 Å². The minimum absolute atomic E-state index is 0.117. The van der Waals surface area contributed by atoms with E-state index >= 15 is 4.39 Å². The predicted octanol–water partition coefficient (Wildman–Crippen LogP) is 8.31. The zero-order chi connectivity index (χ0) is 35.9. The Kier molecular flexibility index (Phi) is 9.46. The average molecular weight is 738 g/mol. The number of ether oxygens (including phenoxy) is 3. The molecule has 0 aliphatic carbocycles. The number of carbonyl (C=O) groups is 1. The fourth-order valence-corrected chi connectivity index (χ4v) is 7.99. The molecule has 0 saturated carbocycles. The molecule has 268 valence electrons. The summed E-state index contributed by atoms with van der Waals surface area (Å²) in [6.45, 7) is 4.07. The summed E-state index contributed by atoms with van der Waals surface area (Å²) in [6.07, 6.45) is 6.45. The molecule has 12 nitrogen and oxygen atoms in total. The molecule has 3 atom stereocenters. The Hall–Kier alpha value is -4.60. The molecule has 0 radical (unpaired) electrons. The normalized spacial score (nSPS) is 20.6. The fourth-order valence-electron chi connectivity index (χ4n) is 6.52. The highest BCUT2D eigenvalue weighted by molar-refractivity contribution is 8.20. The SMILES string of the molecule is COC(=O)c1ccc2nc(CC(C)CCCC3=CN(C4OC(C)(c5ccc(Cl)cc5F)Oc5ccccc54)S(O)(O)N3)n(Cc3ncco3)c2c1. The molecule has 7 rings (SSSR count). The Morgan fingerprint density at radius 1 is 1.20 bits per heavy atom. The monoisotopic (exact) mass is 737 g/mol. The molecule has 3 aromatic carbocycles. The van der Waals surface area contributed by atoms with Crippen LogP contribution in [0, 0.1) is 11.7 Å². The molecule has 3 N–H and O–H groups in total. The molecule has 2 aromatic heterocycles. The van der Waals surface area contributed by atoms with Crippen LogP contribution < -0.4 is 9.46 Å². The molecule has 15 heteroatoms. The van der Waals surface area contributed by atoms with E-state index in [0.29, 0.717) is 47.9 Å². The quantitative estimate of drug-likeness (QED) is 0.113. The number of rotatable bonds is 11. The second kappa shape index (κ2) is 13.8. The number of allylic oxidation sites excluding steroid dienone is 1. The maximum atomic E-state index is 15.1.